The summed E-state index contributed by atoms with van der Waals surface area (Å²) in [6.45, 7) is 7.17. The standard InChI is InChI=1S/C18H25NO5/c1-12-10-14(11-23-16(21)13-8-6-5-7-9-13)19(15(12)20)17(22)24-18(2,3)4/h5-9,12,14-15,20H,10-11H2,1-4H3/t12?,14-,15?/m0/s1. The smallest absolute Gasteiger partial charge is 0.412 e. The van der Waals surface area contributed by atoms with Crippen LogP contribution in [-0.4, -0.2) is 46.5 Å². The lowest BCUT2D eigenvalue weighted by Crippen LogP contribution is -2.46. The minimum absolute atomic E-state index is 0.0222. The Labute approximate surface area is 142 Å². The second-order valence-electron chi connectivity index (χ2n) is 7.13. The number of carbonyl (C=O) groups excluding carboxylic acids is 2. The number of hydrogen-bond acceptors (Lipinski definition) is 5. The van der Waals surface area contributed by atoms with E-state index < -0.39 is 29.9 Å². The summed E-state index contributed by atoms with van der Waals surface area (Å²) < 4.78 is 10.7. The van der Waals surface area contributed by atoms with Gasteiger partial charge >= 0.3 is 12.1 Å². The van der Waals surface area contributed by atoms with E-state index in [1.54, 1.807) is 45.0 Å². The number of nitrogens with zero attached hydrogens (tertiary/aromatic N) is 1. The van der Waals surface area contributed by atoms with Crippen LogP contribution in [0.15, 0.2) is 30.3 Å². The Bertz CT molecular complexity index is 581. The first kappa shape index (κ1) is 18.3. The highest BCUT2D eigenvalue weighted by Crippen LogP contribution is 2.30. The molecule has 0 bridgehead atoms. The monoisotopic (exact) mass is 335 g/mol. The average molecular weight is 335 g/mol. The molecule has 1 heterocycles. The van der Waals surface area contributed by atoms with Crippen LogP contribution in [0, 0.1) is 5.92 Å². The van der Waals surface area contributed by atoms with Gasteiger partial charge in [0.05, 0.1) is 11.6 Å². The summed E-state index contributed by atoms with van der Waals surface area (Å²) in [6.07, 6.45) is -0.997. The zero-order valence-electron chi connectivity index (χ0n) is 14.6. The molecule has 0 aromatic heterocycles. The summed E-state index contributed by atoms with van der Waals surface area (Å²) in [5, 5.41) is 10.3. The summed E-state index contributed by atoms with van der Waals surface area (Å²) in [7, 11) is 0. The lowest BCUT2D eigenvalue weighted by molar-refractivity contribution is -0.0412. The maximum absolute atomic E-state index is 12.3. The summed E-state index contributed by atoms with van der Waals surface area (Å²) in [4.78, 5) is 25.7. The van der Waals surface area contributed by atoms with E-state index in [0.717, 1.165) is 0 Å². The van der Waals surface area contributed by atoms with Gasteiger partial charge in [0.15, 0.2) is 0 Å². The van der Waals surface area contributed by atoms with Crippen molar-refractivity contribution in [1.82, 2.24) is 4.90 Å². The normalized spacial score (nSPS) is 23.9. The van der Waals surface area contributed by atoms with Crippen LogP contribution in [0.5, 0.6) is 0 Å². The van der Waals surface area contributed by atoms with Crippen LogP contribution in [0.25, 0.3) is 0 Å². The van der Waals surface area contributed by atoms with Crippen LogP contribution >= 0.6 is 0 Å². The molecule has 3 atom stereocenters. The quantitative estimate of drug-likeness (QED) is 0.860. The van der Waals surface area contributed by atoms with Gasteiger partial charge < -0.3 is 14.6 Å². The first-order chi connectivity index (χ1) is 11.2. The molecule has 1 aromatic carbocycles. The van der Waals surface area contributed by atoms with E-state index in [1.807, 2.05) is 13.0 Å². The lowest BCUT2D eigenvalue weighted by atomic mass is 10.1. The Morgan fingerprint density at radius 2 is 1.88 bits per heavy atom. The van der Waals surface area contributed by atoms with Crippen molar-refractivity contribution in [2.24, 2.45) is 5.92 Å². The molecular weight excluding hydrogens is 310 g/mol. The van der Waals surface area contributed by atoms with Gasteiger partial charge in [-0.2, -0.15) is 0 Å². The van der Waals surface area contributed by atoms with Gasteiger partial charge in [-0.1, -0.05) is 25.1 Å². The van der Waals surface area contributed by atoms with E-state index in [2.05, 4.69) is 0 Å². The van der Waals surface area contributed by atoms with Crippen molar-refractivity contribution >= 4 is 12.1 Å². The molecule has 1 aliphatic heterocycles. The number of aliphatic hydroxyl groups excluding tert-OH is 1. The first-order valence-electron chi connectivity index (χ1n) is 8.10. The molecule has 0 saturated carbocycles. The molecule has 1 amide bonds. The van der Waals surface area contributed by atoms with Crippen LogP contribution in [0.4, 0.5) is 4.79 Å². The van der Waals surface area contributed by atoms with Gasteiger partial charge in [0.2, 0.25) is 0 Å². The summed E-state index contributed by atoms with van der Waals surface area (Å²) in [5.41, 5.74) is -0.207. The number of carbonyl (C=O) groups is 2. The Morgan fingerprint density at radius 1 is 1.25 bits per heavy atom. The molecule has 2 unspecified atom stereocenters. The number of benzene rings is 1. The van der Waals surface area contributed by atoms with E-state index in [4.69, 9.17) is 9.47 Å². The van der Waals surface area contributed by atoms with Crippen molar-refractivity contribution in [2.75, 3.05) is 6.61 Å². The van der Waals surface area contributed by atoms with E-state index in [1.165, 1.54) is 4.90 Å². The predicted octanol–water partition coefficient (Wildman–Crippen LogP) is 2.81. The number of esters is 1. The molecule has 1 aliphatic rings. The predicted molar refractivity (Wildman–Crippen MR) is 88.4 cm³/mol. The van der Waals surface area contributed by atoms with Crippen LogP contribution in [-0.2, 0) is 9.47 Å². The Kier molecular flexibility index (Phi) is 5.49. The van der Waals surface area contributed by atoms with Crippen LogP contribution < -0.4 is 0 Å². The van der Waals surface area contributed by atoms with Gasteiger partial charge in [0, 0.05) is 5.92 Å². The molecule has 1 fully saturated rings. The number of rotatable bonds is 3. The second kappa shape index (κ2) is 7.21. The van der Waals surface area contributed by atoms with Gasteiger partial charge in [0.1, 0.15) is 18.4 Å². The third kappa shape index (κ3) is 4.47. The summed E-state index contributed by atoms with van der Waals surface area (Å²) in [5.74, 6) is -0.563. The minimum atomic E-state index is -0.944. The Balaban J connectivity index is 2.02. The van der Waals surface area contributed by atoms with E-state index in [9.17, 15) is 14.7 Å². The van der Waals surface area contributed by atoms with Crippen LogP contribution in [0.1, 0.15) is 44.5 Å². The third-order valence-electron chi connectivity index (χ3n) is 3.85. The van der Waals surface area contributed by atoms with Crippen molar-refractivity contribution in [2.45, 2.75) is 52.0 Å². The first-order valence-corrected chi connectivity index (χ1v) is 8.10. The van der Waals surface area contributed by atoms with Crippen molar-refractivity contribution in [3.63, 3.8) is 0 Å². The van der Waals surface area contributed by atoms with Gasteiger partial charge in [0.25, 0.3) is 0 Å². The van der Waals surface area contributed by atoms with Gasteiger partial charge in [-0.3, -0.25) is 4.90 Å². The van der Waals surface area contributed by atoms with Crippen molar-refractivity contribution < 1.29 is 24.2 Å². The van der Waals surface area contributed by atoms with Gasteiger partial charge in [-0.05, 0) is 39.3 Å². The van der Waals surface area contributed by atoms with E-state index >= 15 is 0 Å². The minimum Gasteiger partial charge on any atom is -0.460 e. The lowest BCUT2D eigenvalue weighted by Gasteiger charge is -2.30. The van der Waals surface area contributed by atoms with Crippen LogP contribution in [0.3, 0.4) is 0 Å². The Hall–Kier alpha value is -2.08. The summed E-state index contributed by atoms with van der Waals surface area (Å²) >= 11 is 0. The van der Waals surface area contributed by atoms with Crippen molar-refractivity contribution in [3.8, 4) is 0 Å². The van der Waals surface area contributed by atoms with E-state index in [-0.39, 0.29) is 12.5 Å². The van der Waals surface area contributed by atoms with Crippen molar-refractivity contribution in [1.29, 1.82) is 0 Å². The van der Waals surface area contributed by atoms with Gasteiger partial charge in [-0.15, -0.1) is 0 Å². The molecule has 0 spiro atoms. The summed E-state index contributed by atoms with van der Waals surface area (Å²) in [6, 6.07) is 8.25. The molecule has 1 saturated heterocycles. The molecular formula is C18H25NO5. The molecule has 0 aliphatic carbocycles. The molecule has 2 rings (SSSR count). The van der Waals surface area contributed by atoms with Gasteiger partial charge in [-0.25, -0.2) is 9.59 Å². The zero-order valence-corrected chi connectivity index (χ0v) is 14.6. The molecule has 0 radical (unpaired) electrons. The fraction of sp³-hybridized carbons (Fsp3) is 0.556. The fourth-order valence-corrected chi connectivity index (χ4v) is 2.70. The van der Waals surface area contributed by atoms with E-state index in [0.29, 0.717) is 12.0 Å². The number of amides is 1. The van der Waals surface area contributed by atoms with Crippen LogP contribution in [0.2, 0.25) is 0 Å². The Morgan fingerprint density at radius 3 is 2.46 bits per heavy atom. The molecule has 6 nitrogen and oxygen atoms in total. The largest absolute Gasteiger partial charge is 0.460 e. The SMILES string of the molecule is CC1C[C@@H](COC(=O)c2ccccc2)N(C(=O)OC(C)(C)C)C1O. The highest BCUT2D eigenvalue weighted by Gasteiger charge is 2.43. The molecule has 6 heteroatoms. The van der Waals surface area contributed by atoms with Crippen molar-refractivity contribution in [3.05, 3.63) is 35.9 Å². The number of aliphatic hydroxyl groups is 1. The molecule has 1 N–H and O–H groups in total. The fourth-order valence-electron chi connectivity index (χ4n) is 2.70. The highest BCUT2D eigenvalue weighted by molar-refractivity contribution is 5.89. The maximum atomic E-state index is 12.3. The molecule has 24 heavy (non-hydrogen) atoms. The second-order valence-corrected chi connectivity index (χ2v) is 7.13. The zero-order chi connectivity index (χ0) is 17.9. The average Bonchev–Trinajstić information content (AvgIpc) is 2.79. The number of ether oxygens (including phenoxy) is 2. The third-order valence-corrected chi connectivity index (χ3v) is 3.85. The molecule has 1 aromatic rings. The number of likely N-dealkylation sites (tertiary alicyclic amines) is 1. The molecule has 132 valence electrons. The number of hydrogen-bond donors (Lipinski definition) is 1. The maximum Gasteiger partial charge on any atom is 0.412 e. The highest BCUT2D eigenvalue weighted by atomic mass is 16.6. The topological polar surface area (TPSA) is 76.1 Å².